The Morgan fingerprint density at radius 3 is 2.55 bits per heavy atom. The van der Waals surface area contributed by atoms with Crippen LogP contribution in [0.25, 0.3) is 23.0 Å². The largest absolute Gasteiger partial charge is 0.490 e. The van der Waals surface area contributed by atoms with Crippen molar-refractivity contribution < 1.29 is 9.53 Å². The molecule has 1 saturated heterocycles. The van der Waals surface area contributed by atoms with E-state index in [1.807, 2.05) is 78.5 Å². The van der Waals surface area contributed by atoms with Crippen LogP contribution in [0.5, 0.6) is 5.75 Å². The minimum Gasteiger partial charge on any atom is -0.490 e. The molecule has 0 spiro atoms. The number of rotatable bonds is 7. The summed E-state index contributed by atoms with van der Waals surface area (Å²) in [6, 6.07) is 17.6. The molecule has 7 heteroatoms. The van der Waals surface area contributed by atoms with Crippen LogP contribution in [0.2, 0.25) is 0 Å². The molecule has 156 valence electrons. The summed E-state index contributed by atoms with van der Waals surface area (Å²) in [5.74, 6) is 0.695. The Bertz CT molecular complexity index is 1150. The average Bonchev–Trinajstić information content (AvgIpc) is 3.33. The van der Waals surface area contributed by atoms with Crippen LogP contribution >= 0.6 is 24.0 Å². The average molecular weight is 448 g/mol. The van der Waals surface area contributed by atoms with E-state index in [1.54, 1.807) is 11.0 Å². The van der Waals surface area contributed by atoms with Crippen molar-refractivity contribution in [2.24, 2.45) is 0 Å². The molecule has 0 unspecified atom stereocenters. The molecule has 4 rings (SSSR count). The molecule has 2 aromatic carbocycles. The van der Waals surface area contributed by atoms with Gasteiger partial charge >= 0.3 is 0 Å². The fraction of sp³-hybridized carbons (Fsp3) is 0.125. The molecule has 1 amide bonds. The molecule has 0 atom stereocenters. The molecule has 3 aromatic rings. The van der Waals surface area contributed by atoms with E-state index in [-0.39, 0.29) is 5.91 Å². The van der Waals surface area contributed by atoms with Crippen molar-refractivity contribution in [1.29, 1.82) is 0 Å². The van der Waals surface area contributed by atoms with Crippen molar-refractivity contribution in [1.82, 2.24) is 14.7 Å². The number of carbonyl (C=O) groups excluding carboxylic acids is 1. The van der Waals surface area contributed by atoms with E-state index in [2.05, 4.69) is 6.58 Å². The number of thiocarbonyl (C=S) groups is 1. The topological polar surface area (TPSA) is 47.4 Å². The Morgan fingerprint density at radius 1 is 1.16 bits per heavy atom. The number of ether oxygens (including phenoxy) is 1. The second-order valence-electron chi connectivity index (χ2n) is 6.76. The molecule has 0 aliphatic carbocycles. The van der Waals surface area contributed by atoms with Crippen LogP contribution in [0.3, 0.4) is 0 Å². The Kier molecular flexibility index (Phi) is 6.34. The van der Waals surface area contributed by atoms with Crippen LogP contribution in [-0.2, 0) is 4.79 Å². The highest BCUT2D eigenvalue weighted by atomic mass is 32.2. The first-order chi connectivity index (χ1) is 15.1. The third-order valence-corrected chi connectivity index (χ3v) is 6.11. The first-order valence-corrected chi connectivity index (χ1v) is 11.1. The smallest absolute Gasteiger partial charge is 0.266 e. The third kappa shape index (κ3) is 4.47. The summed E-state index contributed by atoms with van der Waals surface area (Å²) < 4.78 is 7.99. The van der Waals surface area contributed by atoms with Gasteiger partial charge in [-0.2, -0.15) is 5.10 Å². The summed E-state index contributed by atoms with van der Waals surface area (Å²) in [5, 5.41) is 4.82. The molecule has 0 bridgehead atoms. The summed E-state index contributed by atoms with van der Waals surface area (Å²) in [5.41, 5.74) is 3.49. The second kappa shape index (κ2) is 9.32. The van der Waals surface area contributed by atoms with Gasteiger partial charge in [0.25, 0.3) is 5.91 Å². The standard InChI is InChI=1S/C24H21N3O2S2/c1-3-14-29-20-12-10-17(11-13-20)22-18(15-21-23(28)26(4-2)24(30)31-21)16-27(25-22)19-8-6-5-7-9-19/h3,5-13,15-16H,1,4,14H2,2H3. The molecule has 31 heavy (non-hydrogen) atoms. The molecule has 1 aromatic heterocycles. The van der Waals surface area contributed by atoms with Crippen LogP contribution < -0.4 is 4.74 Å². The van der Waals surface area contributed by atoms with Crippen molar-refractivity contribution >= 4 is 40.3 Å². The van der Waals surface area contributed by atoms with Gasteiger partial charge in [-0.15, -0.1) is 0 Å². The van der Waals surface area contributed by atoms with Gasteiger partial charge in [-0.05, 0) is 49.4 Å². The van der Waals surface area contributed by atoms with Crippen LogP contribution in [0.15, 0.2) is 78.4 Å². The number of carbonyl (C=O) groups is 1. The first-order valence-electron chi connectivity index (χ1n) is 9.85. The van der Waals surface area contributed by atoms with Crippen LogP contribution in [0.4, 0.5) is 0 Å². The molecule has 1 aliphatic rings. The molecular formula is C24H21N3O2S2. The highest BCUT2D eigenvalue weighted by Gasteiger charge is 2.31. The minimum absolute atomic E-state index is 0.0657. The van der Waals surface area contributed by atoms with E-state index >= 15 is 0 Å². The lowest BCUT2D eigenvalue weighted by Crippen LogP contribution is -2.27. The molecule has 1 fully saturated rings. The van der Waals surface area contributed by atoms with Crippen LogP contribution in [0, 0.1) is 0 Å². The monoisotopic (exact) mass is 447 g/mol. The maximum atomic E-state index is 12.7. The van der Waals surface area contributed by atoms with E-state index < -0.39 is 0 Å². The normalized spacial score (nSPS) is 15.0. The van der Waals surface area contributed by atoms with Crippen molar-refractivity contribution in [3.8, 4) is 22.7 Å². The zero-order valence-corrected chi connectivity index (χ0v) is 18.7. The van der Waals surface area contributed by atoms with Gasteiger partial charge in [0.05, 0.1) is 16.3 Å². The summed E-state index contributed by atoms with van der Waals surface area (Å²) in [7, 11) is 0. The number of aromatic nitrogens is 2. The van der Waals surface area contributed by atoms with E-state index in [0.29, 0.717) is 22.4 Å². The van der Waals surface area contributed by atoms with Gasteiger partial charge in [0.2, 0.25) is 0 Å². The van der Waals surface area contributed by atoms with Gasteiger partial charge in [-0.1, -0.05) is 54.8 Å². The van der Waals surface area contributed by atoms with Crippen molar-refractivity contribution in [3.63, 3.8) is 0 Å². The van der Waals surface area contributed by atoms with Crippen molar-refractivity contribution in [2.45, 2.75) is 6.92 Å². The summed E-state index contributed by atoms with van der Waals surface area (Å²) in [6.07, 6.45) is 5.52. The maximum absolute atomic E-state index is 12.7. The van der Waals surface area contributed by atoms with Gasteiger partial charge in [0.1, 0.15) is 16.7 Å². The lowest BCUT2D eigenvalue weighted by molar-refractivity contribution is -0.121. The maximum Gasteiger partial charge on any atom is 0.266 e. The zero-order valence-electron chi connectivity index (χ0n) is 17.0. The third-order valence-electron chi connectivity index (χ3n) is 4.74. The molecule has 0 N–H and O–H groups in total. The predicted molar refractivity (Wildman–Crippen MR) is 130 cm³/mol. The summed E-state index contributed by atoms with van der Waals surface area (Å²) in [4.78, 5) is 14.9. The quantitative estimate of drug-likeness (QED) is 0.278. The minimum atomic E-state index is -0.0657. The highest BCUT2D eigenvalue weighted by molar-refractivity contribution is 8.26. The van der Waals surface area contributed by atoms with E-state index in [4.69, 9.17) is 22.1 Å². The lowest BCUT2D eigenvalue weighted by Gasteiger charge is -2.09. The molecule has 0 saturated carbocycles. The summed E-state index contributed by atoms with van der Waals surface area (Å²) >= 11 is 6.68. The van der Waals surface area contributed by atoms with Gasteiger partial charge in [0.15, 0.2) is 0 Å². The molecule has 2 heterocycles. The number of benzene rings is 2. The first kappa shape index (κ1) is 21.1. The number of amides is 1. The van der Waals surface area contributed by atoms with Crippen LogP contribution in [0.1, 0.15) is 12.5 Å². The predicted octanol–water partition coefficient (Wildman–Crippen LogP) is 5.33. The number of likely N-dealkylation sites (N-methyl/N-ethyl adjacent to an activating group) is 1. The van der Waals surface area contributed by atoms with E-state index in [9.17, 15) is 4.79 Å². The number of nitrogens with zero attached hydrogens (tertiary/aromatic N) is 3. The number of hydrogen-bond donors (Lipinski definition) is 0. The lowest BCUT2D eigenvalue weighted by atomic mass is 10.1. The molecule has 0 radical (unpaired) electrons. The SMILES string of the molecule is C=CCOc1ccc(-c2nn(-c3ccccc3)cc2C=C2SC(=S)N(CC)C2=O)cc1. The molecule has 5 nitrogen and oxygen atoms in total. The Hall–Kier alpha value is -3.16. The van der Waals surface area contributed by atoms with E-state index in [0.717, 1.165) is 28.3 Å². The van der Waals surface area contributed by atoms with Gasteiger partial charge < -0.3 is 4.74 Å². The Balaban J connectivity index is 1.76. The second-order valence-corrected chi connectivity index (χ2v) is 8.44. The number of thioether (sulfide) groups is 1. The number of hydrogen-bond acceptors (Lipinski definition) is 5. The van der Waals surface area contributed by atoms with Crippen molar-refractivity contribution in [2.75, 3.05) is 13.2 Å². The van der Waals surface area contributed by atoms with Crippen molar-refractivity contribution in [3.05, 3.63) is 83.9 Å². The van der Waals surface area contributed by atoms with Crippen LogP contribution in [-0.4, -0.2) is 38.1 Å². The fourth-order valence-electron chi connectivity index (χ4n) is 3.21. The molecule has 1 aliphatic heterocycles. The summed E-state index contributed by atoms with van der Waals surface area (Å²) in [6.45, 7) is 6.60. The number of para-hydroxylation sites is 1. The van der Waals surface area contributed by atoms with Gasteiger partial charge in [-0.25, -0.2) is 4.68 Å². The Morgan fingerprint density at radius 2 is 1.90 bits per heavy atom. The van der Waals surface area contributed by atoms with Gasteiger partial charge in [0, 0.05) is 23.9 Å². The highest BCUT2D eigenvalue weighted by Crippen LogP contribution is 2.35. The van der Waals surface area contributed by atoms with Gasteiger partial charge in [-0.3, -0.25) is 9.69 Å². The molecular weight excluding hydrogens is 426 g/mol. The zero-order chi connectivity index (χ0) is 21.8. The fourth-order valence-corrected chi connectivity index (χ4v) is 4.58. The Labute approximate surface area is 191 Å². The van der Waals surface area contributed by atoms with E-state index in [1.165, 1.54) is 11.8 Å².